The Balaban J connectivity index is 3.73. The van der Waals surface area contributed by atoms with E-state index in [9.17, 15) is 0 Å². The second kappa shape index (κ2) is 7.21. The zero-order valence-corrected chi connectivity index (χ0v) is 10.4. The van der Waals surface area contributed by atoms with Crippen LogP contribution in [0.4, 0.5) is 0 Å². The first-order valence-electron chi connectivity index (χ1n) is 5.52. The van der Waals surface area contributed by atoms with Crippen LogP contribution in [0.5, 0.6) is 0 Å². The van der Waals surface area contributed by atoms with Crippen LogP contribution >= 0.6 is 0 Å². The third-order valence-corrected chi connectivity index (χ3v) is 2.77. The minimum atomic E-state index is 0.000957. The number of methoxy groups -OCH3 is 1. The Morgan fingerprint density at radius 1 is 1.36 bits per heavy atom. The summed E-state index contributed by atoms with van der Waals surface area (Å²) in [5.41, 5.74) is 0.000957. The van der Waals surface area contributed by atoms with Crippen LogP contribution in [0, 0.1) is 0 Å². The molecule has 0 radical (unpaired) electrons. The third-order valence-electron chi connectivity index (χ3n) is 2.77. The highest BCUT2D eigenvalue weighted by molar-refractivity contribution is 4.76. The van der Waals surface area contributed by atoms with E-state index < -0.39 is 0 Å². The third kappa shape index (κ3) is 5.58. The Morgan fingerprint density at radius 3 is 2.43 bits per heavy atom. The van der Waals surface area contributed by atoms with Gasteiger partial charge in [-0.25, -0.2) is 0 Å². The van der Waals surface area contributed by atoms with Crippen molar-refractivity contribution in [2.45, 2.75) is 32.8 Å². The molecule has 0 aromatic heterocycles. The zero-order chi connectivity index (χ0) is 11.0. The molecule has 0 saturated carbocycles. The molecule has 1 atom stereocenters. The number of nitrogens with zero attached hydrogens (tertiary/aromatic N) is 1. The molecule has 0 aliphatic heterocycles. The predicted molar refractivity (Wildman–Crippen MR) is 61.7 cm³/mol. The fraction of sp³-hybridized carbons (Fsp3) is 1.00. The molecule has 0 aliphatic carbocycles. The average Bonchev–Trinajstić information content (AvgIpc) is 2.18. The van der Waals surface area contributed by atoms with Crippen molar-refractivity contribution < 1.29 is 4.74 Å². The van der Waals surface area contributed by atoms with E-state index in [1.165, 1.54) is 0 Å². The van der Waals surface area contributed by atoms with Crippen LogP contribution in [0.1, 0.15) is 27.2 Å². The molecule has 1 N–H and O–H groups in total. The monoisotopic (exact) mass is 202 g/mol. The van der Waals surface area contributed by atoms with Gasteiger partial charge in [-0.05, 0) is 26.9 Å². The highest BCUT2D eigenvalue weighted by Crippen LogP contribution is 2.14. The molecule has 14 heavy (non-hydrogen) atoms. The molecular formula is C11H26N2O. The lowest BCUT2D eigenvalue weighted by molar-refractivity contribution is -0.0197. The standard InChI is InChI=1S/C11H26N2O/c1-6-11(3,14-5)10-13(4)9-8-12-7-2/h12H,6-10H2,1-5H3. The van der Waals surface area contributed by atoms with Crippen LogP contribution in [0.2, 0.25) is 0 Å². The minimum Gasteiger partial charge on any atom is -0.377 e. The van der Waals surface area contributed by atoms with Gasteiger partial charge in [-0.3, -0.25) is 0 Å². The summed E-state index contributed by atoms with van der Waals surface area (Å²) in [5.74, 6) is 0. The van der Waals surface area contributed by atoms with E-state index >= 15 is 0 Å². The van der Waals surface area contributed by atoms with Crippen LogP contribution in [-0.4, -0.2) is 50.8 Å². The summed E-state index contributed by atoms with van der Waals surface area (Å²) in [6.07, 6.45) is 1.05. The van der Waals surface area contributed by atoms with Crippen LogP contribution in [0.3, 0.4) is 0 Å². The molecule has 0 spiro atoms. The maximum Gasteiger partial charge on any atom is 0.0774 e. The molecule has 0 aromatic rings. The maximum absolute atomic E-state index is 5.50. The van der Waals surface area contributed by atoms with Crippen LogP contribution in [-0.2, 0) is 4.74 Å². The lowest BCUT2D eigenvalue weighted by Gasteiger charge is -2.31. The van der Waals surface area contributed by atoms with Gasteiger partial charge in [0, 0.05) is 26.7 Å². The molecule has 0 fully saturated rings. The summed E-state index contributed by atoms with van der Waals surface area (Å²) >= 11 is 0. The van der Waals surface area contributed by atoms with Gasteiger partial charge >= 0.3 is 0 Å². The van der Waals surface area contributed by atoms with Crippen LogP contribution in [0.25, 0.3) is 0 Å². The van der Waals surface area contributed by atoms with Crippen molar-refractivity contribution in [3.05, 3.63) is 0 Å². The molecule has 0 saturated heterocycles. The molecule has 0 rings (SSSR count). The molecular weight excluding hydrogens is 176 g/mol. The number of hydrogen-bond donors (Lipinski definition) is 1. The Kier molecular flexibility index (Phi) is 7.15. The zero-order valence-electron chi connectivity index (χ0n) is 10.4. The highest BCUT2D eigenvalue weighted by atomic mass is 16.5. The molecule has 1 unspecified atom stereocenters. The van der Waals surface area contributed by atoms with Gasteiger partial charge in [0.25, 0.3) is 0 Å². The fourth-order valence-corrected chi connectivity index (χ4v) is 1.42. The Morgan fingerprint density at radius 2 is 2.00 bits per heavy atom. The summed E-state index contributed by atoms with van der Waals surface area (Å²) < 4.78 is 5.50. The average molecular weight is 202 g/mol. The lowest BCUT2D eigenvalue weighted by Crippen LogP contribution is -2.42. The quantitative estimate of drug-likeness (QED) is 0.601. The number of rotatable bonds is 8. The number of likely N-dealkylation sites (N-methyl/N-ethyl adjacent to an activating group) is 2. The van der Waals surface area contributed by atoms with Gasteiger partial charge in [0.2, 0.25) is 0 Å². The van der Waals surface area contributed by atoms with E-state index in [2.05, 4.69) is 38.0 Å². The number of nitrogens with one attached hydrogen (secondary N) is 1. The van der Waals surface area contributed by atoms with Gasteiger partial charge in [-0.1, -0.05) is 13.8 Å². The fourth-order valence-electron chi connectivity index (χ4n) is 1.42. The Labute approximate surface area is 88.8 Å². The van der Waals surface area contributed by atoms with Gasteiger partial charge in [0.15, 0.2) is 0 Å². The van der Waals surface area contributed by atoms with Crippen LogP contribution in [0.15, 0.2) is 0 Å². The van der Waals surface area contributed by atoms with Gasteiger partial charge in [0.05, 0.1) is 5.60 Å². The van der Waals surface area contributed by atoms with E-state index in [1.807, 2.05) is 0 Å². The van der Waals surface area contributed by atoms with Crippen molar-refractivity contribution in [3.8, 4) is 0 Å². The van der Waals surface area contributed by atoms with E-state index in [1.54, 1.807) is 7.11 Å². The molecule has 0 bridgehead atoms. The molecule has 3 nitrogen and oxygen atoms in total. The van der Waals surface area contributed by atoms with Crippen molar-refractivity contribution >= 4 is 0 Å². The van der Waals surface area contributed by atoms with Crippen molar-refractivity contribution in [3.63, 3.8) is 0 Å². The minimum absolute atomic E-state index is 0.000957. The first-order valence-corrected chi connectivity index (χ1v) is 5.52. The Bertz CT molecular complexity index is 135. The van der Waals surface area contributed by atoms with Crippen molar-refractivity contribution in [1.82, 2.24) is 10.2 Å². The SMILES string of the molecule is CCNCCN(C)CC(C)(CC)OC. The van der Waals surface area contributed by atoms with Gasteiger partial charge in [-0.2, -0.15) is 0 Å². The predicted octanol–water partition coefficient (Wildman–Crippen LogP) is 1.34. The van der Waals surface area contributed by atoms with Crippen molar-refractivity contribution in [2.75, 3.05) is 40.3 Å². The first-order chi connectivity index (χ1) is 6.58. The molecule has 0 amide bonds. The normalized spacial score (nSPS) is 15.9. The largest absolute Gasteiger partial charge is 0.377 e. The van der Waals surface area contributed by atoms with Gasteiger partial charge in [-0.15, -0.1) is 0 Å². The van der Waals surface area contributed by atoms with E-state index in [0.717, 1.165) is 32.6 Å². The van der Waals surface area contributed by atoms with Crippen LogP contribution < -0.4 is 5.32 Å². The lowest BCUT2D eigenvalue weighted by atomic mass is 10.0. The summed E-state index contributed by atoms with van der Waals surface area (Å²) in [6, 6.07) is 0. The Hall–Kier alpha value is -0.120. The second-order valence-corrected chi connectivity index (χ2v) is 4.10. The number of ether oxygens (including phenoxy) is 1. The molecule has 0 aliphatic rings. The smallest absolute Gasteiger partial charge is 0.0774 e. The second-order valence-electron chi connectivity index (χ2n) is 4.10. The van der Waals surface area contributed by atoms with Gasteiger partial charge in [0.1, 0.15) is 0 Å². The highest BCUT2D eigenvalue weighted by Gasteiger charge is 2.22. The molecule has 0 heterocycles. The summed E-state index contributed by atoms with van der Waals surface area (Å²) in [5, 5.41) is 3.32. The molecule has 86 valence electrons. The van der Waals surface area contributed by atoms with E-state index in [4.69, 9.17) is 4.74 Å². The van der Waals surface area contributed by atoms with E-state index in [0.29, 0.717) is 0 Å². The molecule has 0 aromatic carbocycles. The first kappa shape index (κ1) is 13.9. The summed E-state index contributed by atoms with van der Waals surface area (Å²) in [4.78, 5) is 2.32. The topological polar surface area (TPSA) is 24.5 Å². The maximum atomic E-state index is 5.50. The van der Waals surface area contributed by atoms with Crippen molar-refractivity contribution in [1.29, 1.82) is 0 Å². The van der Waals surface area contributed by atoms with E-state index in [-0.39, 0.29) is 5.60 Å². The number of hydrogen-bond acceptors (Lipinski definition) is 3. The summed E-state index contributed by atoms with van der Waals surface area (Å²) in [7, 11) is 3.94. The van der Waals surface area contributed by atoms with Gasteiger partial charge < -0.3 is 15.0 Å². The summed E-state index contributed by atoms with van der Waals surface area (Å²) in [6.45, 7) is 10.6. The molecule has 3 heteroatoms. The van der Waals surface area contributed by atoms with Crippen molar-refractivity contribution in [2.24, 2.45) is 0 Å².